The number of rotatable bonds is 7. The van der Waals surface area contributed by atoms with Gasteiger partial charge in [-0.15, -0.1) is 0 Å². The first kappa shape index (κ1) is 21.0. The highest BCUT2D eigenvalue weighted by atomic mass is 16.5. The van der Waals surface area contributed by atoms with E-state index in [4.69, 9.17) is 4.74 Å². The first-order chi connectivity index (χ1) is 12.7. The number of benzene rings is 2. The van der Waals surface area contributed by atoms with E-state index >= 15 is 0 Å². The summed E-state index contributed by atoms with van der Waals surface area (Å²) in [5.74, 6) is 0.574. The van der Waals surface area contributed by atoms with Crippen LogP contribution in [0.4, 0.5) is 5.69 Å². The van der Waals surface area contributed by atoms with Crippen molar-refractivity contribution in [3.05, 3.63) is 59.2 Å². The van der Waals surface area contributed by atoms with Crippen LogP contribution >= 0.6 is 0 Å². The Morgan fingerprint density at radius 1 is 1.07 bits per heavy atom. The first-order valence-corrected chi connectivity index (χ1v) is 9.48. The van der Waals surface area contributed by atoms with Crippen molar-refractivity contribution in [3.63, 3.8) is 0 Å². The number of aryl methyl sites for hydroxylation is 2. The summed E-state index contributed by atoms with van der Waals surface area (Å²) in [6.45, 7) is 13.6. The molecule has 0 spiro atoms. The van der Waals surface area contributed by atoms with Gasteiger partial charge in [0.1, 0.15) is 5.75 Å². The molecule has 0 heterocycles. The third-order valence-corrected chi connectivity index (χ3v) is 5.02. The van der Waals surface area contributed by atoms with Gasteiger partial charge in [-0.3, -0.25) is 4.79 Å². The standard InChI is InChI=1S/C23H32N2O2/c1-16-11-12-20(13-17(16)2)25-22(26)15-27-21-10-8-7-9-19(21)14-24-18(3)23(4,5)6/h7-13,18,24H,14-15H2,1-6H3,(H,25,26). The molecule has 1 amide bonds. The fourth-order valence-corrected chi connectivity index (χ4v) is 2.52. The smallest absolute Gasteiger partial charge is 0.262 e. The molecule has 1 unspecified atom stereocenters. The molecule has 0 saturated heterocycles. The quantitative estimate of drug-likeness (QED) is 0.735. The average Bonchev–Trinajstić information content (AvgIpc) is 2.61. The highest BCUT2D eigenvalue weighted by Gasteiger charge is 2.19. The van der Waals surface area contributed by atoms with Crippen molar-refractivity contribution >= 4 is 11.6 Å². The second kappa shape index (κ2) is 9.05. The Morgan fingerprint density at radius 3 is 2.44 bits per heavy atom. The van der Waals surface area contributed by atoms with Crippen LogP contribution in [0.25, 0.3) is 0 Å². The predicted molar refractivity (Wildman–Crippen MR) is 112 cm³/mol. The number of nitrogens with one attached hydrogen (secondary N) is 2. The van der Waals surface area contributed by atoms with E-state index in [0.717, 1.165) is 22.6 Å². The lowest BCUT2D eigenvalue weighted by Crippen LogP contribution is -2.37. The van der Waals surface area contributed by atoms with E-state index < -0.39 is 0 Å². The third kappa shape index (κ3) is 6.40. The van der Waals surface area contributed by atoms with Crippen molar-refractivity contribution in [2.75, 3.05) is 11.9 Å². The summed E-state index contributed by atoms with van der Waals surface area (Å²) in [6.07, 6.45) is 0. The average molecular weight is 369 g/mol. The molecule has 0 saturated carbocycles. The zero-order chi connectivity index (χ0) is 20.0. The highest BCUT2D eigenvalue weighted by Crippen LogP contribution is 2.22. The molecule has 0 bridgehead atoms. The summed E-state index contributed by atoms with van der Waals surface area (Å²) >= 11 is 0. The van der Waals surface area contributed by atoms with E-state index in [1.165, 1.54) is 5.56 Å². The first-order valence-electron chi connectivity index (χ1n) is 9.48. The van der Waals surface area contributed by atoms with Gasteiger partial charge in [-0.1, -0.05) is 45.0 Å². The minimum atomic E-state index is -0.163. The lowest BCUT2D eigenvalue weighted by atomic mass is 9.88. The van der Waals surface area contributed by atoms with Gasteiger partial charge in [-0.05, 0) is 55.5 Å². The molecule has 0 aliphatic heterocycles. The van der Waals surface area contributed by atoms with Crippen molar-refractivity contribution < 1.29 is 9.53 Å². The molecule has 2 rings (SSSR count). The van der Waals surface area contributed by atoms with Crippen LogP contribution < -0.4 is 15.4 Å². The Kier molecular flexibility index (Phi) is 7.03. The molecule has 146 valence electrons. The van der Waals surface area contributed by atoms with Gasteiger partial charge in [0, 0.05) is 23.8 Å². The third-order valence-electron chi connectivity index (χ3n) is 5.02. The van der Waals surface area contributed by atoms with Gasteiger partial charge < -0.3 is 15.4 Å². The molecule has 0 radical (unpaired) electrons. The van der Waals surface area contributed by atoms with Gasteiger partial charge in [0.15, 0.2) is 6.61 Å². The summed E-state index contributed by atoms with van der Waals surface area (Å²) < 4.78 is 5.79. The molecule has 0 aromatic heterocycles. The maximum Gasteiger partial charge on any atom is 0.262 e. The van der Waals surface area contributed by atoms with Gasteiger partial charge in [-0.2, -0.15) is 0 Å². The van der Waals surface area contributed by atoms with Crippen molar-refractivity contribution in [3.8, 4) is 5.75 Å². The van der Waals surface area contributed by atoms with Gasteiger partial charge in [0.25, 0.3) is 5.91 Å². The Balaban J connectivity index is 1.93. The monoisotopic (exact) mass is 368 g/mol. The Labute approximate surface area is 163 Å². The molecule has 0 aliphatic carbocycles. The number of anilines is 1. The van der Waals surface area contributed by atoms with Gasteiger partial charge in [0.05, 0.1) is 0 Å². The van der Waals surface area contributed by atoms with Crippen molar-refractivity contribution in [1.82, 2.24) is 5.32 Å². The summed E-state index contributed by atoms with van der Waals surface area (Å²) in [5.41, 5.74) is 4.38. The molecule has 0 aliphatic rings. The van der Waals surface area contributed by atoms with Crippen LogP contribution in [0.2, 0.25) is 0 Å². The Hall–Kier alpha value is -2.33. The zero-order valence-corrected chi connectivity index (χ0v) is 17.3. The number of para-hydroxylation sites is 1. The minimum absolute atomic E-state index is 0.0151. The number of hydrogen-bond donors (Lipinski definition) is 2. The summed E-state index contributed by atoms with van der Waals surface area (Å²) in [4.78, 5) is 12.2. The van der Waals surface area contributed by atoms with Crippen LogP contribution in [-0.4, -0.2) is 18.6 Å². The summed E-state index contributed by atoms with van der Waals surface area (Å²) in [7, 11) is 0. The number of hydrogen-bond acceptors (Lipinski definition) is 3. The molecule has 4 nitrogen and oxygen atoms in total. The lowest BCUT2D eigenvalue weighted by Gasteiger charge is -2.28. The number of ether oxygens (including phenoxy) is 1. The van der Waals surface area contributed by atoms with E-state index in [2.05, 4.69) is 45.3 Å². The molecule has 2 N–H and O–H groups in total. The second-order valence-electron chi connectivity index (χ2n) is 8.21. The molecule has 2 aromatic rings. The van der Waals surface area contributed by atoms with Crippen molar-refractivity contribution in [2.45, 2.75) is 54.1 Å². The van der Waals surface area contributed by atoms with E-state index in [1.807, 2.05) is 49.4 Å². The number of carbonyl (C=O) groups is 1. The zero-order valence-electron chi connectivity index (χ0n) is 17.3. The Bertz CT molecular complexity index is 778. The van der Waals surface area contributed by atoms with Crippen LogP contribution in [0.3, 0.4) is 0 Å². The van der Waals surface area contributed by atoms with Crippen LogP contribution in [0.5, 0.6) is 5.75 Å². The van der Waals surface area contributed by atoms with Crippen LogP contribution in [-0.2, 0) is 11.3 Å². The van der Waals surface area contributed by atoms with E-state index in [1.54, 1.807) is 0 Å². The van der Waals surface area contributed by atoms with Crippen LogP contribution in [0.15, 0.2) is 42.5 Å². The minimum Gasteiger partial charge on any atom is -0.483 e. The second-order valence-corrected chi connectivity index (χ2v) is 8.21. The normalized spacial score (nSPS) is 12.5. The SMILES string of the molecule is Cc1ccc(NC(=O)COc2ccccc2CNC(C)C(C)(C)C)cc1C. The maximum atomic E-state index is 12.2. The van der Waals surface area contributed by atoms with Gasteiger partial charge >= 0.3 is 0 Å². The summed E-state index contributed by atoms with van der Waals surface area (Å²) in [6, 6.07) is 14.1. The Morgan fingerprint density at radius 2 is 1.78 bits per heavy atom. The van der Waals surface area contributed by atoms with Crippen LogP contribution in [0.1, 0.15) is 44.4 Å². The number of amides is 1. The molecule has 1 atom stereocenters. The summed E-state index contributed by atoms with van der Waals surface area (Å²) in [5, 5.41) is 6.43. The van der Waals surface area contributed by atoms with Gasteiger partial charge in [-0.25, -0.2) is 0 Å². The van der Waals surface area contributed by atoms with E-state index in [0.29, 0.717) is 12.6 Å². The van der Waals surface area contributed by atoms with E-state index in [9.17, 15) is 4.79 Å². The fraction of sp³-hybridized carbons (Fsp3) is 0.435. The number of carbonyl (C=O) groups excluding carboxylic acids is 1. The molecule has 27 heavy (non-hydrogen) atoms. The molecular formula is C23H32N2O2. The molecule has 4 heteroatoms. The highest BCUT2D eigenvalue weighted by molar-refractivity contribution is 5.92. The predicted octanol–water partition coefficient (Wildman–Crippen LogP) is 4.85. The van der Waals surface area contributed by atoms with Crippen molar-refractivity contribution in [2.24, 2.45) is 5.41 Å². The fourth-order valence-electron chi connectivity index (χ4n) is 2.52. The largest absolute Gasteiger partial charge is 0.483 e. The lowest BCUT2D eigenvalue weighted by molar-refractivity contribution is -0.118. The molecule has 0 fully saturated rings. The van der Waals surface area contributed by atoms with Crippen LogP contribution in [0, 0.1) is 19.3 Å². The molecular weight excluding hydrogens is 336 g/mol. The van der Waals surface area contributed by atoms with E-state index in [-0.39, 0.29) is 17.9 Å². The maximum absolute atomic E-state index is 12.2. The molecule has 2 aromatic carbocycles. The van der Waals surface area contributed by atoms with Gasteiger partial charge in [0.2, 0.25) is 0 Å². The topological polar surface area (TPSA) is 50.4 Å². The van der Waals surface area contributed by atoms with Crippen molar-refractivity contribution in [1.29, 1.82) is 0 Å².